The minimum Gasteiger partial charge on any atom is -0.449 e. The molecular formula is C27H27F9N2O3. The SMILES string of the molecule is CCOC(=O)N1c2ccc(C(F)(F)F)cc2C(C(C(=O)N(C)C)c2cc(C(F)(F)F)cc(C(F)(F)F)c2)C[C@@H]1CC. The van der Waals surface area contributed by atoms with Gasteiger partial charge in [-0.3, -0.25) is 9.69 Å². The maximum Gasteiger partial charge on any atom is 0.416 e. The van der Waals surface area contributed by atoms with E-state index in [4.69, 9.17) is 4.74 Å². The van der Waals surface area contributed by atoms with Gasteiger partial charge in [-0.2, -0.15) is 39.5 Å². The summed E-state index contributed by atoms with van der Waals surface area (Å²) in [4.78, 5) is 28.4. The van der Waals surface area contributed by atoms with Gasteiger partial charge in [0.15, 0.2) is 0 Å². The summed E-state index contributed by atoms with van der Waals surface area (Å²) >= 11 is 0. The zero-order valence-electron chi connectivity index (χ0n) is 22.3. The molecule has 226 valence electrons. The highest BCUT2D eigenvalue weighted by atomic mass is 19.4. The Kier molecular flexibility index (Phi) is 8.95. The van der Waals surface area contributed by atoms with Gasteiger partial charge in [0.2, 0.25) is 5.91 Å². The van der Waals surface area contributed by atoms with Crippen molar-refractivity contribution in [2.24, 2.45) is 0 Å². The molecular weight excluding hydrogens is 571 g/mol. The molecule has 3 rings (SSSR count). The van der Waals surface area contributed by atoms with E-state index in [1.807, 2.05) is 0 Å². The molecule has 2 amide bonds. The van der Waals surface area contributed by atoms with Crippen molar-refractivity contribution in [3.63, 3.8) is 0 Å². The third-order valence-electron chi connectivity index (χ3n) is 6.92. The van der Waals surface area contributed by atoms with Crippen LogP contribution in [0.1, 0.15) is 66.3 Å². The zero-order chi connectivity index (χ0) is 31.1. The molecule has 0 N–H and O–H groups in total. The van der Waals surface area contributed by atoms with Crippen LogP contribution in [-0.4, -0.2) is 43.6 Å². The predicted octanol–water partition coefficient (Wildman–Crippen LogP) is 7.84. The Morgan fingerprint density at radius 2 is 1.41 bits per heavy atom. The quantitative estimate of drug-likeness (QED) is 0.330. The molecule has 0 bridgehead atoms. The molecule has 0 saturated carbocycles. The molecule has 0 radical (unpaired) electrons. The number of nitrogens with zero attached hydrogens (tertiary/aromatic N) is 2. The third kappa shape index (κ3) is 6.72. The van der Waals surface area contributed by atoms with Crippen LogP contribution in [0.4, 0.5) is 50.0 Å². The van der Waals surface area contributed by atoms with Crippen LogP contribution in [0.5, 0.6) is 0 Å². The van der Waals surface area contributed by atoms with E-state index in [1.54, 1.807) is 6.92 Å². The summed E-state index contributed by atoms with van der Waals surface area (Å²) in [6.45, 7) is 3.08. The van der Waals surface area contributed by atoms with E-state index in [0.717, 1.165) is 15.9 Å². The molecule has 2 aromatic rings. The van der Waals surface area contributed by atoms with Gasteiger partial charge < -0.3 is 9.64 Å². The van der Waals surface area contributed by atoms with Crippen molar-refractivity contribution in [2.75, 3.05) is 25.6 Å². The number of rotatable bonds is 5. The molecule has 0 aliphatic carbocycles. The average Bonchev–Trinajstić information content (AvgIpc) is 2.86. The Morgan fingerprint density at radius 1 is 0.878 bits per heavy atom. The van der Waals surface area contributed by atoms with Gasteiger partial charge in [0.05, 0.1) is 34.9 Å². The fourth-order valence-corrected chi connectivity index (χ4v) is 5.06. The fourth-order valence-electron chi connectivity index (χ4n) is 5.06. The van der Waals surface area contributed by atoms with Crippen LogP contribution >= 0.6 is 0 Å². The molecule has 1 aliphatic heterocycles. The average molecular weight is 599 g/mol. The lowest BCUT2D eigenvalue weighted by Crippen LogP contribution is -2.47. The van der Waals surface area contributed by atoms with Crippen molar-refractivity contribution in [1.29, 1.82) is 0 Å². The number of ether oxygens (including phenoxy) is 1. The first-order valence-electron chi connectivity index (χ1n) is 12.5. The first-order valence-corrected chi connectivity index (χ1v) is 12.5. The monoisotopic (exact) mass is 598 g/mol. The second-order valence-electron chi connectivity index (χ2n) is 9.79. The maximum absolute atomic E-state index is 13.8. The molecule has 3 atom stereocenters. The molecule has 0 aromatic heterocycles. The summed E-state index contributed by atoms with van der Waals surface area (Å²) in [5.41, 5.74) is -5.49. The van der Waals surface area contributed by atoms with E-state index in [9.17, 15) is 49.1 Å². The normalized spacial score (nSPS) is 18.5. The molecule has 1 heterocycles. The Balaban J connectivity index is 2.39. The van der Waals surface area contributed by atoms with Crippen LogP contribution in [0, 0.1) is 0 Å². The first kappa shape index (κ1) is 32.1. The van der Waals surface area contributed by atoms with E-state index < -0.39 is 70.7 Å². The van der Waals surface area contributed by atoms with E-state index in [2.05, 4.69) is 0 Å². The highest BCUT2D eigenvalue weighted by Crippen LogP contribution is 2.50. The summed E-state index contributed by atoms with van der Waals surface area (Å²) in [5, 5.41) is 0. The summed E-state index contributed by atoms with van der Waals surface area (Å²) in [6, 6.07) is 2.30. The number of hydrogen-bond acceptors (Lipinski definition) is 3. The third-order valence-corrected chi connectivity index (χ3v) is 6.92. The van der Waals surface area contributed by atoms with Gasteiger partial charge in [0.25, 0.3) is 0 Å². The fraction of sp³-hybridized carbons (Fsp3) is 0.481. The molecule has 14 heteroatoms. The number of hydrogen-bond donors (Lipinski definition) is 0. The highest BCUT2D eigenvalue weighted by Gasteiger charge is 2.45. The van der Waals surface area contributed by atoms with E-state index in [0.29, 0.717) is 24.3 Å². The lowest BCUT2D eigenvalue weighted by Gasteiger charge is -2.43. The van der Waals surface area contributed by atoms with Crippen molar-refractivity contribution in [2.45, 2.75) is 63.1 Å². The van der Waals surface area contributed by atoms with Crippen LogP contribution in [-0.2, 0) is 28.1 Å². The van der Waals surface area contributed by atoms with Crippen LogP contribution in [0.25, 0.3) is 0 Å². The minimum absolute atomic E-state index is 0.0721. The topological polar surface area (TPSA) is 49.9 Å². The van der Waals surface area contributed by atoms with Crippen LogP contribution in [0.3, 0.4) is 0 Å². The maximum atomic E-state index is 13.8. The summed E-state index contributed by atoms with van der Waals surface area (Å²) in [5.74, 6) is -4.01. The van der Waals surface area contributed by atoms with Crippen molar-refractivity contribution in [3.05, 3.63) is 64.2 Å². The molecule has 0 spiro atoms. The highest BCUT2D eigenvalue weighted by molar-refractivity contribution is 5.92. The molecule has 0 saturated heterocycles. The second kappa shape index (κ2) is 11.4. The Hall–Kier alpha value is -3.45. The molecule has 1 aliphatic rings. The van der Waals surface area contributed by atoms with Gasteiger partial charge in [0.1, 0.15) is 0 Å². The summed E-state index contributed by atoms with van der Waals surface area (Å²) in [6.07, 6.45) is -16.3. The van der Waals surface area contributed by atoms with E-state index >= 15 is 0 Å². The van der Waals surface area contributed by atoms with Gasteiger partial charge >= 0.3 is 24.6 Å². The van der Waals surface area contributed by atoms with Gasteiger partial charge in [0, 0.05) is 26.1 Å². The number of benzene rings is 2. The second-order valence-corrected chi connectivity index (χ2v) is 9.79. The predicted molar refractivity (Wildman–Crippen MR) is 130 cm³/mol. The number of alkyl halides is 9. The van der Waals surface area contributed by atoms with E-state index in [1.165, 1.54) is 21.0 Å². The number of likely N-dealkylation sites (N-methyl/N-ethyl adjacent to an activating group) is 1. The van der Waals surface area contributed by atoms with Crippen molar-refractivity contribution < 1.29 is 53.8 Å². The number of fused-ring (bicyclic) bond motifs is 1. The van der Waals surface area contributed by atoms with Gasteiger partial charge in [-0.25, -0.2) is 4.79 Å². The Labute approximate surface area is 229 Å². The lowest BCUT2D eigenvalue weighted by atomic mass is 9.72. The Morgan fingerprint density at radius 3 is 1.85 bits per heavy atom. The number of amides is 2. The lowest BCUT2D eigenvalue weighted by molar-refractivity contribution is -0.143. The molecule has 0 fully saturated rings. The van der Waals surface area contributed by atoms with Crippen molar-refractivity contribution in [1.82, 2.24) is 4.90 Å². The number of carbonyl (C=O) groups excluding carboxylic acids is 2. The van der Waals surface area contributed by atoms with Crippen molar-refractivity contribution >= 4 is 17.7 Å². The Bertz CT molecular complexity index is 1250. The first-order chi connectivity index (χ1) is 18.8. The molecule has 5 nitrogen and oxygen atoms in total. The van der Waals surface area contributed by atoms with E-state index in [-0.39, 0.29) is 36.8 Å². The van der Waals surface area contributed by atoms with Crippen LogP contribution in [0.2, 0.25) is 0 Å². The molecule has 41 heavy (non-hydrogen) atoms. The van der Waals surface area contributed by atoms with Gasteiger partial charge in [-0.1, -0.05) is 6.92 Å². The summed E-state index contributed by atoms with van der Waals surface area (Å²) in [7, 11) is 2.46. The summed E-state index contributed by atoms with van der Waals surface area (Å²) < 4.78 is 129. The number of anilines is 1. The van der Waals surface area contributed by atoms with Crippen LogP contribution < -0.4 is 4.90 Å². The molecule has 2 unspecified atom stereocenters. The molecule has 2 aromatic carbocycles. The van der Waals surface area contributed by atoms with Gasteiger partial charge in [-0.15, -0.1) is 0 Å². The minimum atomic E-state index is -5.22. The number of carbonyl (C=O) groups is 2. The largest absolute Gasteiger partial charge is 0.449 e. The number of halogens is 9. The van der Waals surface area contributed by atoms with Gasteiger partial charge in [-0.05, 0) is 67.3 Å². The van der Waals surface area contributed by atoms with Crippen LogP contribution in [0.15, 0.2) is 36.4 Å². The standard InChI is InChI=1S/C27H27F9N2O3/c1-5-18-13-20(19-12-15(25(28,29)30)7-8-21(19)38(18)24(40)41-6-2)22(23(39)37(3)4)14-9-16(26(31,32)33)11-17(10-14)27(34,35)36/h7-12,18,20,22H,5-6,13H2,1-4H3/t18-,20?,22?/m0/s1. The van der Waals surface area contributed by atoms with Crippen molar-refractivity contribution in [3.8, 4) is 0 Å². The smallest absolute Gasteiger partial charge is 0.416 e. The zero-order valence-corrected chi connectivity index (χ0v) is 22.3.